The lowest BCUT2D eigenvalue weighted by Crippen LogP contribution is -2.12. The van der Waals surface area contributed by atoms with E-state index in [4.69, 9.17) is 4.84 Å². The molecule has 0 fully saturated rings. The van der Waals surface area contributed by atoms with Gasteiger partial charge in [-0.15, -0.1) is 10.2 Å². The molecular weight excluding hydrogens is 422 g/mol. The molecule has 1 N–H and O–H groups in total. The van der Waals surface area contributed by atoms with E-state index >= 15 is 0 Å². The lowest BCUT2D eigenvalue weighted by atomic mass is 10.2. The maximum Gasteiger partial charge on any atom is 0.336 e. The van der Waals surface area contributed by atoms with Gasteiger partial charge in [0.05, 0.1) is 17.8 Å². The van der Waals surface area contributed by atoms with Crippen LogP contribution in [0.2, 0.25) is 0 Å². The summed E-state index contributed by atoms with van der Waals surface area (Å²) in [6.07, 6.45) is 0.179. The predicted octanol–water partition coefficient (Wildman–Crippen LogP) is 5.49. The molecule has 0 aliphatic rings. The summed E-state index contributed by atoms with van der Waals surface area (Å²) in [6, 6.07) is 22.9. The largest absolute Gasteiger partial charge is 0.343 e. The van der Waals surface area contributed by atoms with Crippen LogP contribution in [0.4, 0.5) is 11.4 Å². The number of anilines is 1. The third-order valence-corrected chi connectivity index (χ3v) is 4.22. The number of azo groups is 1. The van der Waals surface area contributed by atoms with Crippen molar-refractivity contribution >= 4 is 39.2 Å². The van der Waals surface area contributed by atoms with Crippen molar-refractivity contribution in [2.75, 3.05) is 5.48 Å². The quantitative estimate of drug-likeness (QED) is 0.408. The molecule has 140 valence electrons. The molecule has 0 saturated heterocycles. The average Bonchev–Trinajstić information content (AvgIpc) is 2.72. The second-order valence-electron chi connectivity index (χ2n) is 5.80. The lowest BCUT2D eigenvalue weighted by molar-refractivity contribution is -0.139. The van der Waals surface area contributed by atoms with Gasteiger partial charge in [-0.05, 0) is 54.1 Å². The van der Waals surface area contributed by atoms with Crippen LogP contribution in [0.5, 0.6) is 0 Å². The molecule has 0 radical (unpaired) electrons. The van der Waals surface area contributed by atoms with Crippen LogP contribution >= 0.6 is 15.9 Å². The maximum absolute atomic E-state index is 12.0. The highest BCUT2D eigenvalue weighted by molar-refractivity contribution is 9.10. The van der Waals surface area contributed by atoms with Crippen molar-refractivity contribution in [1.82, 2.24) is 0 Å². The number of hydrogen-bond donors (Lipinski definition) is 1. The number of rotatable bonds is 6. The van der Waals surface area contributed by atoms with Gasteiger partial charge in [-0.25, -0.2) is 10.3 Å². The van der Waals surface area contributed by atoms with E-state index in [1.54, 1.807) is 48.5 Å². The van der Waals surface area contributed by atoms with Crippen LogP contribution in [0.1, 0.15) is 15.9 Å². The minimum absolute atomic E-state index is 0.179. The normalized spacial score (nSPS) is 10.6. The molecule has 0 aromatic heterocycles. The number of carbonyl (C=O) groups is 2. The fraction of sp³-hybridized carbons (Fsp3) is 0.0476. The first-order valence-electron chi connectivity index (χ1n) is 8.41. The fourth-order valence-electron chi connectivity index (χ4n) is 2.26. The fourth-order valence-corrected chi connectivity index (χ4v) is 2.53. The van der Waals surface area contributed by atoms with Gasteiger partial charge in [-0.2, -0.15) is 0 Å². The van der Waals surface area contributed by atoms with Crippen molar-refractivity contribution in [2.24, 2.45) is 10.2 Å². The SMILES string of the molecule is O=C(Cc1ccccc1)ONc1ccc(N=NC(=O)c2ccc(Br)cc2)cc1. The van der Waals surface area contributed by atoms with E-state index in [2.05, 4.69) is 31.6 Å². The first kappa shape index (κ1) is 19.4. The Bertz CT molecular complexity index is 972. The summed E-state index contributed by atoms with van der Waals surface area (Å²) < 4.78 is 0.883. The molecule has 3 rings (SSSR count). The van der Waals surface area contributed by atoms with E-state index in [1.165, 1.54) is 0 Å². The van der Waals surface area contributed by atoms with Crippen LogP contribution in [0.25, 0.3) is 0 Å². The Balaban J connectivity index is 1.51. The van der Waals surface area contributed by atoms with Crippen molar-refractivity contribution in [3.63, 3.8) is 0 Å². The summed E-state index contributed by atoms with van der Waals surface area (Å²) in [5.41, 5.74) is 5.01. The van der Waals surface area contributed by atoms with E-state index in [-0.39, 0.29) is 6.42 Å². The van der Waals surface area contributed by atoms with Crippen LogP contribution < -0.4 is 5.48 Å². The topological polar surface area (TPSA) is 80.1 Å². The van der Waals surface area contributed by atoms with Gasteiger partial charge in [0.15, 0.2) is 0 Å². The van der Waals surface area contributed by atoms with Crippen LogP contribution in [0, 0.1) is 0 Å². The molecule has 0 bridgehead atoms. The zero-order valence-corrected chi connectivity index (χ0v) is 16.3. The molecule has 0 saturated carbocycles. The Labute approximate surface area is 170 Å². The monoisotopic (exact) mass is 437 g/mol. The molecule has 3 aromatic carbocycles. The summed E-state index contributed by atoms with van der Waals surface area (Å²) in [7, 11) is 0. The van der Waals surface area contributed by atoms with Crippen molar-refractivity contribution < 1.29 is 14.4 Å². The molecule has 6 nitrogen and oxygen atoms in total. The number of halogens is 1. The Morgan fingerprint density at radius 1 is 0.893 bits per heavy atom. The first-order valence-corrected chi connectivity index (χ1v) is 9.21. The average molecular weight is 438 g/mol. The molecule has 0 heterocycles. The van der Waals surface area contributed by atoms with E-state index < -0.39 is 11.9 Å². The number of benzene rings is 3. The molecular formula is C21H16BrN3O3. The molecule has 0 aliphatic carbocycles. The van der Waals surface area contributed by atoms with Gasteiger partial charge in [0.1, 0.15) is 0 Å². The Morgan fingerprint density at radius 3 is 2.25 bits per heavy atom. The van der Waals surface area contributed by atoms with Gasteiger partial charge in [-0.3, -0.25) is 4.79 Å². The highest BCUT2D eigenvalue weighted by Crippen LogP contribution is 2.18. The molecule has 0 spiro atoms. The smallest absolute Gasteiger partial charge is 0.336 e. The van der Waals surface area contributed by atoms with Crippen molar-refractivity contribution in [1.29, 1.82) is 0 Å². The van der Waals surface area contributed by atoms with E-state index in [0.29, 0.717) is 16.9 Å². The Kier molecular flexibility index (Phi) is 6.64. The number of hydrogen-bond acceptors (Lipinski definition) is 5. The van der Waals surface area contributed by atoms with Gasteiger partial charge in [-0.1, -0.05) is 46.3 Å². The molecule has 1 amide bonds. The Morgan fingerprint density at radius 2 is 1.57 bits per heavy atom. The Hall–Kier alpha value is -3.32. The van der Waals surface area contributed by atoms with Gasteiger partial charge in [0.25, 0.3) is 5.91 Å². The minimum Gasteiger partial charge on any atom is -0.343 e. The highest BCUT2D eigenvalue weighted by atomic mass is 79.9. The van der Waals surface area contributed by atoms with Crippen LogP contribution in [-0.4, -0.2) is 11.9 Å². The van der Waals surface area contributed by atoms with E-state index in [0.717, 1.165) is 10.0 Å². The van der Waals surface area contributed by atoms with Gasteiger partial charge in [0.2, 0.25) is 0 Å². The van der Waals surface area contributed by atoms with Gasteiger partial charge >= 0.3 is 5.97 Å². The molecule has 0 unspecified atom stereocenters. The molecule has 7 heteroatoms. The predicted molar refractivity (Wildman–Crippen MR) is 109 cm³/mol. The van der Waals surface area contributed by atoms with Gasteiger partial charge in [0, 0.05) is 10.0 Å². The number of carbonyl (C=O) groups excluding carboxylic acids is 2. The highest BCUT2D eigenvalue weighted by Gasteiger charge is 2.06. The molecule has 28 heavy (non-hydrogen) atoms. The van der Waals surface area contributed by atoms with Crippen molar-refractivity contribution in [3.05, 3.63) is 94.5 Å². The number of amides is 1. The van der Waals surface area contributed by atoms with Crippen molar-refractivity contribution in [2.45, 2.75) is 6.42 Å². The molecule has 0 aliphatic heterocycles. The van der Waals surface area contributed by atoms with Crippen LogP contribution in [0.3, 0.4) is 0 Å². The summed E-state index contributed by atoms with van der Waals surface area (Å²) in [4.78, 5) is 28.8. The van der Waals surface area contributed by atoms with E-state index in [9.17, 15) is 9.59 Å². The molecule has 0 atom stereocenters. The maximum atomic E-state index is 12.0. The zero-order chi connectivity index (χ0) is 19.8. The van der Waals surface area contributed by atoms with Crippen LogP contribution in [-0.2, 0) is 16.1 Å². The standard InChI is InChI=1S/C21H16BrN3O3/c22-17-8-6-16(7-9-17)21(27)24-23-18-10-12-19(13-11-18)25-28-20(26)14-15-4-2-1-3-5-15/h1-13,25H,14H2. The third kappa shape index (κ3) is 5.85. The summed E-state index contributed by atoms with van der Waals surface area (Å²) in [6.45, 7) is 0. The summed E-state index contributed by atoms with van der Waals surface area (Å²) in [5.74, 6) is -0.820. The lowest BCUT2D eigenvalue weighted by Gasteiger charge is -2.07. The third-order valence-electron chi connectivity index (χ3n) is 3.69. The number of nitrogens with zero attached hydrogens (tertiary/aromatic N) is 2. The second-order valence-corrected chi connectivity index (χ2v) is 6.71. The zero-order valence-electron chi connectivity index (χ0n) is 14.7. The molecule has 3 aromatic rings. The van der Waals surface area contributed by atoms with Gasteiger partial charge < -0.3 is 4.84 Å². The van der Waals surface area contributed by atoms with Crippen molar-refractivity contribution in [3.8, 4) is 0 Å². The minimum atomic E-state index is -0.426. The van der Waals surface area contributed by atoms with Crippen LogP contribution in [0.15, 0.2) is 93.6 Å². The first-order chi connectivity index (χ1) is 13.6. The second kappa shape index (κ2) is 9.57. The van der Waals surface area contributed by atoms with E-state index in [1.807, 2.05) is 30.3 Å². The summed E-state index contributed by atoms with van der Waals surface area (Å²) >= 11 is 3.31. The summed E-state index contributed by atoms with van der Waals surface area (Å²) in [5, 5.41) is 7.64. The number of nitrogens with one attached hydrogen (secondary N) is 1.